The molecule has 2 aromatic carbocycles. The lowest BCUT2D eigenvalue weighted by molar-refractivity contribution is 0.474. The highest BCUT2D eigenvalue weighted by Gasteiger charge is 2.09. The maximum absolute atomic E-state index is 6.23. The topological polar surface area (TPSA) is 24.5 Å². The number of ether oxygens (including phenoxy) is 1. The van der Waals surface area contributed by atoms with Crippen LogP contribution in [0.1, 0.15) is 5.56 Å². The van der Waals surface area contributed by atoms with Crippen molar-refractivity contribution < 1.29 is 4.74 Å². The smallest absolute Gasteiger partial charge is 0.133 e. The minimum absolute atomic E-state index is 0.669. The van der Waals surface area contributed by atoms with Crippen LogP contribution in [0.25, 0.3) is 0 Å². The molecule has 4 heteroatoms. The van der Waals surface area contributed by atoms with E-state index in [-0.39, 0.29) is 0 Å². The first kappa shape index (κ1) is 14.7. The molecule has 0 aliphatic carbocycles. The number of rotatable bonds is 5. The Hall–Kier alpha value is -1.71. The third-order valence-electron chi connectivity index (χ3n) is 2.99. The van der Waals surface area contributed by atoms with E-state index < -0.39 is 0 Å². The van der Waals surface area contributed by atoms with Gasteiger partial charge in [-0.1, -0.05) is 23.7 Å². The minimum atomic E-state index is 0.669. The van der Waals surface area contributed by atoms with E-state index in [1.54, 1.807) is 0 Å². The number of nitrogens with one attached hydrogen (secondary N) is 1. The second kappa shape index (κ2) is 6.64. The highest BCUT2D eigenvalue weighted by molar-refractivity contribution is 6.31. The van der Waals surface area contributed by atoms with Gasteiger partial charge in [-0.3, -0.25) is 0 Å². The lowest BCUT2D eigenvalue weighted by atomic mass is 10.2. The first-order chi connectivity index (χ1) is 9.61. The molecule has 3 nitrogen and oxygen atoms in total. The van der Waals surface area contributed by atoms with Crippen LogP contribution in [-0.2, 0) is 6.54 Å². The van der Waals surface area contributed by atoms with Gasteiger partial charge in [-0.2, -0.15) is 0 Å². The van der Waals surface area contributed by atoms with Crippen molar-refractivity contribution in [2.24, 2.45) is 0 Å². The largest absolute Gasteiger partial charge is 0.457 e. The Morgan fingerprint density at radius 3 is 2.60 bits per heavy atom. The molecule has 0 aliphatic heterocycles. The summed E-state index contributed by atoms with van der Waals surface area (Å²) in [5.74, 6) is 1.58. The maximum Gasteiger partial charge on any atom is 0.133 e. The van der Waals surface area contributed by atoms with Gasteiger partial charge in [0, 0.05) is 43.0 Å². The second-order valence-electron chi connectivity index (χ2n) is 4.74. The summed E-state index contributed by atoms with van der Waals surface area (Å²) in [5, 5.41) is 3.82. The number of hydrogen-bond acceptors (Lipinski definition) is 3. The highest BCUT2D eigenvalue weighted by atomic mass is 35.5. The van der Waals surface area contributed by atoms with Crippen molar-refractivity contribution in [2.75, 3.05) is 26.0 Å². The second-order valence-corrected chi connectivity index (χ2v) is 5.15. The molecule has 0 bridgehead atoms. The average Bonchev–Trinajstić information content (AvgIpc) is 2.43. The zero-order valence-corrected chi connectivity index (χ0v) is 12.7. The number of halogens is 1. The van der Waals surface area contributed by atoms with Gasteiger partial charge in [-0.25, -0.2) is 0 Å². The molecular weight excluding hydrogens is 272 g/mol. The molecule has 0 atom stereocenters. The third-order valence-corrected chi connectivity index (χ3v) is 3.35. The van der Waals surface area contributed by atoms with Crippen LogP contribution in [0.15, 0.2) is 42.5 Å². The summed E-state index contributed by atoms with van der Waals surface area (Å²) >= 11 is 6.23. The normalized spacial score (nSPS) is 10.4. The van der Waals surface area contributed by atoms with Crippen LogP contribution >= 0.6 is 11.6 Å². The summed E-state index contributed by atoms with van der Waals surface area (Å²) in [5.41, 5.74) is 2.06. The van der Waals surface area contributed by atoms with E-state index in [9.17, 15) is 0 Å². The summed E-state index contributed by atoms with van der Waals surface area (Å²) < 4.78 is 5.98. The Morgan fingerprint density at radius 1 is 1.15 bits per heavy atom. The third kappa shape index (κ3) is 3.44. The van der Waals surface area contributed by atoms with Crippen molar-refractivity contribution in [3.8, 4) is 11.5 Å². The van der Waals surface area contributed by atoms with Crippen molar-refractivity contribution in [1.29, 1.82) is 0 Å². The van der Waals surface area contributed by atoms with E-state index in [0.717, 1.165) is 22.7 Å². The Bertz CT molecular complexity index is 584. The summed E-state index contributed by atoms with van der Waals surface area (Å²) in [7, 11) is 5.90. The Kier molecular flexibility index (Phi) is 4.88. The molecule has 0 spiro atoms. The molecule has 2 aromatic rings. The lowest BCUT2D eigenvalue weighted by Gasteiger charge is -2.16. The van der Waals surface area contributed by atoms with Crippen LogP contribution in [0, 0.1) is 0 Å². The molecular formula is C16H19ClN2O. The maximum atomic E-state index is 6.23. The molecule has 0 saturated heterocycles. The molecule has 1 N–H and O–H groups in total. The van der Waals surface area contributed by atoms with Gasteiger partial charge in [0.1, 0.15) is 11.5 Å². The quantitative estimate of drug-likeness (QED) is 0.903. The summed E-state index contributed by atoms with van der Waals surface area (Å²) in [6.07, 6.45) is 0. The van der Waals surface area contributed by atoms with Crippen molar-refractivity contribution in [3.05, 3.63) is 53.1 Å². The molecule has 2 rings (SSSR count). The number of benzene rings is 2. The molecule has 0 amide bonds. The van der Waals surface area contributed by atoms with E-state index in [1.165, 1.54) is 0 Å². The molecule has 0 saturated carbocycles. The Balaban J connectivity index is 2.30. The van der Waals surface area contributed by atoms with Gasteiger partial charge in [-0.15, -0.1) is 0 Å². The molecule has 0 heterocycles. The zero-order chi connectivity index (χ0) is 14.5. The van der Waals surface area contributed by atoms with Gasteiger partial charge >= 0.3 is 0 Å². The summed E-state index contributed by atoms with van der Waals surface area (Å²) in [6, 6.07) is 13.7. The fourth-order valence-electron chi connectivity index (χ4n) is 1.93. The fourth-order valence-corrected chi connectivity index (χ4v) is 2.17. The van der Waals surface area contributed by atoms with Gasteiger partial charge < -0.3 is 15.0 Å². The van der Waals surface area contributed by atoms with E-state index in [1.807, 2.05) is 68.5 Å². The van der Waals surface area contributed by atoms with Crippen LogP contribution in [0.2, 0.25) is 5.02 Å². The van der Waals surface area contributed by atoms with Crippen LogP contribution < -0.4 is 15.0 Å². The summed E-state index contributed by atoms with van der Waals surface area (Å²) in [6.45, 7) is 0.669. The number of nitrogens with zero attached hydrogens (tertiary/aromatic N) is 1. The lowest BCUT2D eigenvalue weighted by Crippen LogP contribution is -2.08. The van der Waals surface area contributed by atoms with Crippen LogP contribution in [0.5, 0.6) is 11.5 Å². The minimum Gasteiger partial charge on any atom is -0.457 e. The van der Waals surface area contributed by atoms with Crippen molar-refractivity contribution in [1.82, 2.24) is 5.32 Å². The molecule has 0 fully saturated rings. The average molecular weight is 291 g/mol. The predicted octanol–water partition coefficient (Wildman–Crippen LogP) is 3.92. The SMILES string of the molecule is CNCc1c(Cl)cccc1Oc1cccc(N(C)C)c1. The first-order valence-corrected chi connectivity index (χ1v) is 6.87. The van der Waals surface area contributed by atoms with Gasteiger partial charge in [-0.05, 0) is 31.3 Å². The van der Waals surface area contributed by atoms with Gasteiger partial charge in [0.25, 0.3) is 0 Å². The van der Waals surface area contributed by atoms with Crippen molar-refractivity contribution in [2.45, 2.75) is 6.54 Å². The van der Waals surface area contributed by atoms with E-state index >= 15 is 0 Å². The number of hydrogen-bond donors (Lipinski definition) is 1. The Labute approximate surface area is 125 Å². The molecule has 0 unspecified atom stereocenters. The number of anilines is 1. The standard InChI is InChI=1S/C16H19ClN2O/c1-18-11-14-15(17)8-5-9-16(14)20-13-7-4-6-12(10-13)19(2)3/h4-10,18H,11H2,1-3H3. The van der Waals surface area contributed by atoms with E-state index in [4.69, 9.17) is 16.3 Å². The van der Waals surface area contributed by atoms with Crippen LogP contribution in [0.4, 0.5) is 5.69 Å². The van der Waals surface area contributed by atoms with Crippen molar-refractivity contribution >= 4 is 17.3 Å². The van der Waals surface area contributed by atoms with Gasteiger partial charge in [0.15, 0.2) is 0 Å². The monoisotopic (exact) mass is 290 g/mol. The van der Waals surface area contributed by atoms with E-state index in [0.29, 0.717) is 11.6 Å². The predicted molar refractivity (Wildman–Crippen MR) is 85.1 cm³/mol. The van der Waals surface area contributed by atoms with Crippen LogP contribution in [-0.4, -0.2) is 21.1 Å². The molecule has 0 radical (unpaired) electrons. The molecule has 106 valence electrons. The zero-order valence-electron chi connectivity index (χ0n) is 12.0. The van der Waals surface area contributed by atoms with Crippen molar-refractivity contribution in [3.63, 3.8) is 0 Å². The van der Waals surface area contributed by atoms with Gasteiger partial charge in [0.05, 0.1) is 0 Å². The first-order valence-electron chi connectivity index (χ1n) is 6.49. The highest BCUT2D eigenvalue weighted by Crippen LogP contribution is 2.31. The Morgan fingerprint density at radius 2 is 1.90 bits per heavy atom. The molecule has 0 aromatic heterocycles. The molecule has 20 heavy (non-hydrogen) atoms. The molecule has 0 aliphatic rings. The fraction of sp³-hybridized carbons (Fsp3) is 0.250. The summed E-state index contributed by atoms with van der Waals surface area (Å²) in [4.78, 5) is 2.04. The van der Waals surface area contributed by atoms with E-state index in [2.05, 4.69) is 5.32 Å². The van der Waals surface area contributed by atoms with Gasteiger partial charge in [0.2, 0.25) is 0 Å². The van der Waals surface area contributed by atoms with Crippen LogP contribution in [0.3, 0.4) is 0 Å².